The number of hydrogen-bond donors (Lipinski definition) is 1. The van der Waals surface area contributed by atoms with Gasteiger partial charge in [0.15, 0.2) is 0 Å². The Hall–Kier alpha value is -3.42. The van der Waals surface area contributed by atoms with Gasteiger partial charge in [0.2, 0.25) is 5.91 Å². The van der Waals surface area contributed by atoms with Crippen molar-refractivity contribution >= 4 is 5.91 Å². The molecule has 1 heterocycles. The molecule has 2 N–H and O–H groups in total. The quantitative estimate of drug-likeness (QED) is 0.613. The monoisotopic (exact) mass is 371 g/mol. The molecule has 8 heteroatoms. The smallest absolute Gasteiger partial charge is 0.444 e. The van der Waals surface area contributed by atoms with Crippen molar-refractivity contribution in [2.75, 3.05) is 6.61 Å². The van der Waals surface area contributed by atoms with Crippen LogP contribution in [0.1, 0.15) is 28.8 Å². The van der Waals surface area contributed by atoms with E-state index in [0.717, 1.165) is 29.5 Å². The molecule has 0 saturated heterocycles. The van der Waals surface area contributed by atoms with Gasteiger partial charge in [-0.25, -0.2) is 9.18 Å². The van der Waals surface area contributed by atoms with E-state index >= 15 is 0 Å². The van der Waals surface area contributed by atoms with Crippen molar-refractivity contribution in [3.8, 4) is 11.8 Å². The van der Waals surface area contributed by atoms with Crippen LogP contribution in [0, 0.1) is 5.82 Å². The Kier molecular flexibility index (Phi) is 5.65. The van der Waals surface area contributed by atoms with E-state index < -0.39 is 11.7 Å². The number of halogens is 1. The third-order valence-corrected chi connectivity index (χ3v) is 3.92. The van der Waals surface area contributed by atoms with Crippen molar-refractivity contribution in [3.63, 3.8) is 0 Å². The Morgan fingerprint density at radius 2 is 1.81 bits per heavy atom. The van der Waals surface area contributed by atoms with Crippen LogP contribution in [-0.4, -0.2) is 22.3 Å². The molecule has 0 saturated carbocycles. The number of carbonyl (C=O) groups excluding carboxylic acids is 1. The fourth-order valence-corrected chi connectivity index (χ4v) is 2.49. The summed E-state index contributed by atoms with van der Waals surface area (Å²) >= 11 is 0. The van der Waals surface area contributed by atoms with Crippen LogP contribution in [0.4, 0.5) is 4.39 Å². The summed E-state index contributed by atoms with van der Waals surface area (Å²) in [6, 6.07) is 12.4. The van der Waals surface area contributed by atoms with Crippen LogP contribution in [-0.2, 0) is 6.42 Å². The summed E-state index contributed by atoms with van der Waals surface area (Å²) < 4.78 is 24.2. The fourth-order valence-electron chi connectivity index (χ4n) is 2.49. The van der Waals surface area contributed by atoms with Crippen LogP contribution in [0.15, 0.2) is 57.7 Å². The molecule has 27 heavy (non-hydrogen) atoms. The Labute approximate surface area is 154 Å². The highest BCUT2D eigenvalue weighted by atomic mass is 19.1. The lowest BCUT2D eigenvalue weighted by Gasteiger charge is -2.02. The second-order valence-corrected chi connectivity index (χ2v) is 5.89. The van der Waals surface area contributed by atoms with Crippen LogP contribution in [0.5, 0.6) is 6.08 Å². The molecular formula is C19H18FN3O4. The molecule has 0 fully saturated rings. The maximum absolute atomic E-state index is 12.8. The van der Waals surface area contributed by atoms with Gasteiger partial charge in [-0.05, 0) is 61.2 Å². The highest BCUT2D eigenvalue weighted by Gasteiger charge is 2.11. The number of aryl methyl sites for hydroxylation is 1. The summed E-state index contributed by atoms with van der Waals surface area (Å²) in [5.74, 6) is -1.50. The van der Waals surface area contributed by atoms with Crippen molar-refractivity contribution < 1.29 is 18.3 Å². The van der Waals surface area contributed by atoms with Gasteiger partial charge < -0.3 is 14.9 Å². The van der Waals surface area contributed by atoms with Crippen LogP contribution in [0.25, 0.3) is 5.69 Å². The molecule has 0 aliphatic carbocycles. The zero-order valence-electron chi connectivity index (χ0n) is 14.4. The first-order valence-electron chi connectivity index (χ1n) is 8.40. The molecule has 0 radical (unpaired) electrons. The summed E-state index contributed by atoms with van der Waals surface area (Å²) in [5, 5.41) is 3.98. The number of carbonyl (C=O) groups is 1. The van der Waals surface area contributed by atoms with E-state index in [1.807, 2.05) is 0 Å². The average molecular weight is 371 g/mol. The Balaban J connectivity index is 1.51. The molecule has 0 aliphatic rings. The number of amides is 1. The summed E-state index contributed by atoms with van der Waals surface area (Å²) in [6.45, 7) is 0.335. The topological polar surface area (TPSA) is 100 Å². The molecule has 1 aromatic heterocycles. The second-order valence-electron chi connectivity index (χ2n) is 5.89. The number of rotatable bonds is 8. The minimum Gasteiger partial charge on any atom is -0.449 e. The zero-order valence-corrected chi connectivity index (χ0v) is 14.4. The van der Waals surface area contributed by atoms with Crippen molar-refractivity contribution in [2.45, 2.75) is 19.3 Å². The van der Waals surface area contributed by atoms with Crippen LogP contribution >= 0.6 is 0 Å². The number of primary amides is 1. The van der Waals surface area contributed by atoms with Gasteiger partial charge in [0.05, 0.1) is 12.3 Å². The van der Waals surface area contributed by atoms with Gasteiger partial charge in [0.1, 0.15) is 5.82 Å². The number of benzene rings is 2. The van der Waals surface area contributed by atoms with E-state index in [2.05, 4.69) is 5.10 Å². The largest absolute Gasteiger partial charge is 0.449 e. The number of ether oxygens (including phenoxy) is 1. The van der Waals surface area contributed by atoms with E-state index in [1.54, 1.807) is 12.1 Å². The average Bonchev–Trinajstić information content (AvgIpc) is 3.03. The maximum atomic E-state index is 12.8. The second kappa shape index (κ2) is 8.31. The van der Waals surface area contributed by atoms with Crippen LogP contribution in [0.2, 0.25) is 0 Å². The van der Waals surface area contributed by atoms with Gasteiger partial charge in [-0.15, -0.1) is 0 Å². The van der Waals surface area contributed by atoms with Gasteiger partial charge in [-0.1, -0.05) is 17.2 Å². The normalized spacial score (nSPS) is 10.7. The van der Waals surface area contributed by atoms with Crippen molar-refractivity contribution in [1.82, 2.24) is 9.78 Å². The highest BCUT2D eigenvalue weighted by molar-refractivity contribution is 5.92. The number of nitrogens with zero attached hydrogens (tertiary/aromatic N) is 2. The van der Waals surface area contributed by atoms with E-state index in [4.69, 9.17) is 14.9 Å². The number of nitrogens with two attached hydrogens (primary N) is 1. The lowest BCUT2D eigenvalue weighted by molar-refractivity contribution is 0.100. The standard InChI is InChI=1S/C19H18FN3O4/c20-15-8-4-13(5-9-15)3-1-2-12-26-18-22-23(19(25)27-18)16-10-6-14(7-11-16)17(21)24/h4-11H,1-3,12H2,(H2,21,24). The molecule has 0 bridgehead atoms. The van der Waals surface area contributed by atoms with Crippen molar-refractivity contribution in [2.24, 2.45) is 5.73 Å². The Morgan fingerprint density at radius 3 is 2.48 bits per heavy atom. The van der Waals surface area contributed by atoms with E-state index in [1.165, 1.54) is 36.4 Å². The summed E-state index contributed by atoms with van der Waals surface area (Å²) in [7, 11) is 0. The molecule has 0 atom stereocenters. The van der Waals surface area contributed by atoms with Crippen LogP contribution < -0.4 is 16.2 Å². The SMILES string of the molecule is NC(=O)c1ccc(-n2nc(OCCCCc3ccc(F)cc3)oc2=O)cc1. The molecule has 3 aromatic rings. The van der Waals surface area contributed by atoms with Crippen molar-refractivity contribution in [3.05, 3.63) is 76.0 Å². The minimum absolute atomic E-state index is 0.124. The zero-order chi connectivity index (χ0) is 19.2. The van der Waals surface area contributed by atoms with Gasteiger partial charge in [0.25, 0.3) is 0 Å². The first-order valence-corrected chi connectivity index (χ1v) is 8.40. The maximum Gasteiger partial charge on any atom is 0.444 e. The predicted molar refractivity (Wildman–Crippen MR) is 95.5 cm³/mol. The van der Waals surface area contributed by atoms with Gasteiger partial charge in [-0.3, -0.25) is 4.79 Å². The summed E-state index contributed by atoms with van der Waals surface area (Å²) in [4.78, 5) is 23.0. The minimum atomic E-state index is -0.692. The molecular weight excluding hydrogens is 353 g/mol. The summed E-state index contributed by atoms with van der Waals surface area (Å²) in [6.07, 6.45) is 2.24. The molecule has 140 valence electrons. The van der Waals surface area contributed by atoms with Gasteiger partial charge in [-0.2, -0.15) is 4.68 Å². The molecule has 3 rings (SSSR count). The molecule has 7 nitrogen and oxygen atoms in total. The van der Waals surface area contributed by atoms with Gasteiger partial charge in [0, 0.05) is 5.56 Å². The molecule has 2 aromatic carbocycles. The number of aromatic nitrogens is 2. The number of hydrogen-bond acceptors (Lipinski definition) is 5. The van der Waals surface area contributed by atoms with E-state index in [0.29, 0.717) is 17.9 Å². The molecule has 0 unspecified atom stereocenters. The lowest BCUT2D eigenvalue weighted by Crippen LogP contribution is -2.14. The molecule has 0 spiro atoms. The lowest BCUT2D eigenvalue weighted by atomic mass is 10.1. The predicted octanol–water partition coefficient (Wildman–Crippen LogP) is 2.47. The first-order chi connectivity index (χ1) is 13.0. The van der Waals surface area contributed by atoms with E-state index in [-0.39, 0.29) is 11.9 Å². The Morgan fingerprint density at radius 1 is 1.11 bits per heavy atom. The third kappa shape index (κ3) is 4.81. The first kappa shape index (κ1) is 18.4. The van der Waals surface area contributed by atoms with Crippen LogP contribution in [0.3, 0.4) is 0 Å². The molecule has 1 amide bonds. The number of unbranched alkanes of at least 4 members (excludes halogenated alkanes) is 1. The van der Waals surface area contributed by atoms with E-state index in [9.17, 15) is 14.0 Å². The van der Waals surface area contributed by atoms with Gasteiger partial charge >= 0.3 is 11.8 Å². The Bertz CT molecular complexity index is 962. The molecule has 0 aliphatic heterocycles. The highest BCUT2D eigenvalue weighted by Crippen LogP contribution is 2.11. The summed E-state index contributed by atoms with van der Waals surface area (Å²) in [5.41, 5.74) is 6.99. The third-order valence-electron chi connectivity index (χ3n) is 3.92. The van der Waals surface area contributed by atoms with Crippen molar-refractivity contribution in [1.29, 1.82) is 0 Å². The fraction of sp³-hybridized carbons (Fsp3) is 0.211.